The molecule has 2 rings (SSSR count). The van der Waals surface area contributed by atoms with Crippen LogP contribution in [0, 0.1) is 11.2 Å². The molecule has 3 N–H and O–H groups in total. The number of hydrogen-bond donors (Lipinski definition) is 2. The zero-order valence-electron chi connectivity index (χ0n) is 12.2. The van der Waals surface area contributed by atoms with Crippen LogP contribution in [0.25, 0.3) is 0 Å². The van der Waals surface area contributed by atoms with Crippen molar-refractivity contribution in [1.82, 2.24) is 5.32 Å². The van der Waals surface area contributed by atoms with Crippen molar-refractivity contribution in [1.29, 1.82) is 0 Å². The van der Waals surface area contributed by atoms with Crippen molar-refractivity contribution in [2.24, 2.45) is 11.1 Å². The lowest BCUT2D eigenvalue weighted by atomic mass is 9.75. The van der Waals surface area contributed by atoms with E-state index in [1.54, 1.807) is 12.1 Å². The highest BCUT2D eigenvalue weighted by molar-refractivity contribution is 5.92. The van der Waals surface area contributed by atoms with Gasteiger partial charge in [-0.25, -0.2) is 4.39 Å². The Labute approximate surface area is 119 Å². The summed E-state index contributed by atoms with van der Waals surface area (Å²) in [5.74, 6) is -0.971. The summed E-state index contributed by atoms with van der Waals surface area (Å²) in [4.78, 5) is 11.0. The van der Waals surface area contributed by atoms with Crippen LogP contribution in [0.4, 0.5) is 4.39 Å². The second kappa shape index (κ2) is 5.92. The summed E-state index contributed by atoms with van der Waals surface area (Å²) in [5.41, 5.74) is 6.29. The standard InChI is InChI=1S/C16H23FN2O/c1-16(2)7-3-4-13(9-16)19-10-12-6-5-11(15(18)20)8-14(12)17/h5-6,8,13,19H,3-4,7,9-10H2,1-2H3,(H2,18,20). The second-order valence-corrected chi connectivity index (χ2v) is 6.51. The van der Waals surface area contributed by atoms with Crippen LogP contribution in [0.2, 0.25) is 0 Å². The predicted molar refractivity (Wildman–Crippen MR) is 77.8 cm³/mol. The van der Waals surface area contributed by atoms with Gasteiger partial charge in [0.15, 0.2) is 0 Å². The first-order valence-electron chi connectivity index (χ1n) is 7.19. The van der Waals surface area contributed by atoms with E-state index < -0.39 is 5.91 Å². The van der Waals surface area contributed by atoms with Crippen molar-refractivity contribution >= 4 is 5.91 Å². The molecule has 1 atom stereocenters. The van der Waals surface area contributed by atoms with Gasteiger partial charge in [0.25, 0.3) is 0 Å². The van der Waals surface area contributed by atoms with E-state index >= 15 is 0 Å². The van der Waals surface area contributed by atoms with Crippen LogP contribution in [0.3, 0.4) is 0 Å². The van der Waals surface area contributed by atoms with E-state index in [1.165, 1.54) is 18.9 Å². The zero-order valence-corrected chi connectivity index (χ0v) is 12.2. The number of nitrogens with two attached hydrogens (primary N) is 1. The van der Waals surface area contributed by atoms with Gasteiger partial charge < -0.3 is 11.1 Å². The molecular weight excluding hydrogens is 255 g/mol. The van der Waals surface area contributed by atoms with Crippen molar-refractivity contribution in [3.05, 3.63) is 35.1 Å². The summed E-state index contributed by atoms with van der Waals surface area (Å²) in [6.45, 7) is 5.05. The third-order valence-corrected chi connectivity index (χ3v) is 4.12. The maximum Gasteiger partial charge on any atom is 0.248 e. The highest BCUT2D eigenvalue weighted by Gasteiger charge is 2.27. The molecule has 0 bridgehead atoms. The van der Waals surface area contributed by atoms with Crippen molar-refractivity contribution in [3.8, 4) is 0 Å². The number of hydrogen-bond acceptors (Lipinski definition) is 2. The number of nitrogens with one attached hydrogen (secondary N) is 1. The number of carbonyl (C=O) groups excluding carboxylic acids is 1. The molecule has 1 amide bonds. The number of primary amides is 1. The van der Waals surface area contributed by atoms with Gasteiger partial charge in [0.05, 0.1) is 0 Å². The maximum atomic E-state index is 13.9. The SMILES string of the molecule is CC1(C)CCCC(NCc2ccc(C(N)=O)cc2F)C1. The van der Waals surface area contributed by atoms with E-state index in [0.29, 0.717) is 23.6 Å². The molecule has 1 fully saturated rings. The monoisotopic (exact) mass is 278 g/mol. The minimum absolute atomic E-state index is 0.213. The van der Waals surface area contributed by atoms with E-state index in [9.17, 15) is 9.18 Å². The highest BCUT2D eigenvalue weighted by atomic mass is 19.1. The van der Waals surface area contributed by atoms with Crippen LogP contribution >= 0.6 is 0 Å². The molecule has 0 spiro atoms. The molecule has 1 aliphatic rings. The summed E-state index contributed by atoms with van der Waals surface area (Å²) in [6.07, 6.45) is 4.74. The van der Waals surface area contributed by atoms with Gasteiger partial charge in [-0.05, 0) is 36.8 Å². The topological polar surface area (TPSA) is 55.1 Å². The van der Waals surface area contributed by atoms with E-state index in [-0.39, 0.29) is 11.4 Å². The van der Waals surface area contributed by atoms with Crippen molar-refractivity contribution < 1.29 is 9.18 Å². The van der Waals surface area contributed by atoms with E-state index in [4.69, 9.17) is 5.73 Å². The fourth-order valence-electron chi connectivity index (χ4n) is 2.97. The summed E-state index contributed by atoms with van der Waals surface area (Å²) < 4.78 is 13.9. The quantitative estimate of drug-likeness (QED) is 0.889. The van der Waals surface area contributed by atoms with Crippen LogP contribution in [0.1, 0.15) is 55.5 Å². The fourth-order valence-corrected chi connectivity index (χ4v) is 2.97. The van der Waals surface area contributed by atoms with Gasteiger partial charge in [-0.1, -0.05) is 26.3 Å². The highest BCUT2D eigenvalue weighted by Crippen LogP contribution is 2.35. The Morgan fingerprint density at radius 3 is 2.85 bits per heavy atom. The van der Waals surface area contributed by atoms with Crippen LogP contribution in [-0.2, 0) is 6.54 Å². The van der Waals surface area contributed by atoms with Crippen molar-refractivity contribution in [2.75, 3.05) is 0 Å². The van der Waals surface area contributed by atoms with Crippen LogP contribution in [0.5, 0.6) is 0 Å². The normalized spacial score (nSPS) is 21.6. The molecule has 1 aromatic rings. The molecule has 20 heavy (non-hydrogen) atoms. The number of amides is 1. The number of rotatable bonds is 4. The molecule has 1 aromatic carbocycles. The third kappa shape index (κ3) is 3.79. The van der Waals surface area contributed by atoms with Crippen LogP contribution < -0.4 is 11.1 Å². The van der Waals surface area contributed by atoms with Crippen molar-refractivity contribution in [3.63, 3.8) is 0 Å². The Morgan fingerprint density at radius 2 is 2.25 bits per heavy atom. The van der Waals surface area contributed by atoms with Gasteiger partial charge >= 0.3 is 0 Å². The molecular formula is C16H23FN2O. The molecule has 110 valence electrons. The minimum Gasteiger partial charge on any atom is -0.366 e. The smallest absolute Gasteiger partial charge is 0.248 e. The Kier molecular flexibility index (Phi) is 4.43. The second-order valence-electron chi connectivity index (χ2n) is 6.51. The summed E-state index contributed by atoms with van der Waals surface area (Å²) in [5, 5.41) is 3.43. The molecule has 0 aromatic heterocycles. The molecule has 0 heterocycles. The average molecular weight is 278 g/mol. The molecule has 1 saturated carbocycles. The van der Waals surface area contributed by atoms with Gasteiger partial charge in [-0.2, -0.15) is 0 Å². The first-order chi connectivity index (χ1) is 9.37. The Morgan fingerprint density at radius 1 is 1.50 bits per heavy atom. The molecule has 4 heteroatoms. The summed E-state index contributed by atoms with van der Waals surface area (Å²) >= 11 is 0. The van der Waals surface area contributed by atoms with Gasteiger partial charge in [0, 0.05) is 23.7 Å². The summed E-state index contributed by atoms with van der Waals surface area (Å²) in [7, 11) is 0. The lowest BCUT2D eigenvalue weighted by molar-refractivity contribution is 0.1000. The van der Waals surface area contributed by atoms with E-state index in [0.717, 1.165) is 12.8 Å². The average Bonchev–Trinajstić information content (AvgIpc) is 2.36. The van der Waals surface area contributed by atoms with E-state index in [2.05, 4.69) is 19.2 Å². The number of benzene rings is 1. The van der Waals surface area contributed by atoms with Gasteiger partial charge in [-0.3, -0.25) is 4.79 Å². The molecule has 0 aliphatic heterocycles. The fraction of sp³-hybridized carbons (Fsp3) is 0.562. The third-order valence-electron chi connectivity index (χ3n) is 4.12. The number of carbonyl (C=O) groups is 1. The largest absolute Gasteiger partial charge is 0.366 e. The van der Waals surface area contributed by atoms with Gasteiger partial charge in [0.2, 0.25) is 5.91 Å². The Bertz CT molecular complexity index is 499. The van der Waals surface area contributed by atoms with Gasteiger partial charge in [-0.15, -0.1) is 0 Å². The maximum absolute atomic E-state index is 13.9. The molecule has 1 aliphatic carbocycles. The molecule has 1 unspecified atom stereocenters. The van der Waals surface area contributed by atoms with E-state index in [1.807, 2.05) is 0 Å². The van der Waals surface area contributed by atoms with Crippen LogP contribution in [0.15, 0.2) is 18.2 Å². The minimum atomic E-state index is -0.600. The van der Waals surface area contributed by atoms with Gasteiger partial charge in [0.1, 0.15) is 5.82 Å². The first-order valence-corrected chi connectivity index (χ1v) is 7.19. The number of halogens is 1. The Hall–Kier alpha value is -1.42. The lowest BCUT2D eigenvalue weighted by Gasteiger charge is -2.35. The molecule has 0 radical (unpaired) electrons. The lowest BCUT2D eigenvalue weighted by Crippen LogP contribution is -2.37. The first kappa shape index (κ1) is 15.0. The molecule has 0 saturated heterocycles. The predicted octanol–water partition coefficient (Wildman–Crippen LogP) is 2.98. The molecule has 3 nitrogen and oxygen atoms in total. The zero-order chi connectivity index (χ0) is 14.8. The van der Waals surface area contributed by atoms with Crippen LogP contribution in [-0.4, -0.2) is 11.9 Å². The Balaban J connectivity index is 1.95. The summed E-state index contributed by atoms with van der Waals surface area (Å²) in [6, 6.07) is 4.86. The van der Waals surface area contributed by atoms with Crippen molar-refractivity contribution in [2.45, 2.75) is 52.1 Å².